The minimum atomic E-state index is -0.177. The van der Waals surface area contributed by atoms with Gasteiger partial charge in [-0.05, 0) is 50.6 Å². The maximum Gasteiger partial charge on any atom is 0.123 e. The van der Waals surface area contributed by atoms with Crippen molar-refractivity contribution in [1.29, 1.82) is 0 Å². The van der Waals surface area contributed by atoms with Gasteiger partial charge in [-0.1, -0.05) is 12.8 Å². The van der Waals surface area contributed by atoms with E-state index in [2.05, 4.69) is 11.8 Å². The van der Waals surface area contributed by atoms with E-state index in [0.29, 0.717) is 0 Å². The monoisotopic (exact) mass is 250 g/mol. The molecule has 3 heteroatoms. The second kappa shape index (κ2) is 5.70. The lowest BCUT2D eigenvalue weighted by atomic mass is 9.85. The van der Waals surface area contributed by atoms with E-state index < -0.39 is 0 Å². The summed E-state index contributed by atoms with van der Waals surface area (Å²) in [4.78, 5) is 2.32. The van der Waals surface area contributed by atoms with Gasteiger partial charge in [0.05, 0.1) is 0 Å². The molecule has 0 aliphatic heterocycles. The number of halogens is 1. The molecule has 0 radical (unpaired) electrons. The van der Waals surface area contributed by atoms with Crippen LogP contribution in [0.2, 0.25) is 0 Å². The summed E-state index contributed by atoms with van der Waals surface area (Å²) in [6, 6.07) is 6.78. The number of nitrogens with two attached hydrogens (primary N) is 1. The van der Waals surface area contributed by atoms with Gasteiger partial charge in [-0.3, -0.25) is 0 Å². The van der Waals surface area contributed by atoms with Crippen molar-refractivity contribution in [3.8, 4) is 0 Å². The molecule has 0 bridgehead atoms. The van der Waals surface area contributed by atoms with Gasteiger partial charge in [0.15, 0.2) is 0 Å². The second-order valence-electron chi connectivity index (χ2n) is 5.40. The van der Waals surface area contributed by atoms with Crippen molar-refractivity contribution in [1.82, 2.24) is 0 Å². The Morgan fingerprint density at radius 2 is 1.83 bits per heavy atom. The smallest absolute Gasteiger partial charge is 0.123 e. The fraction of sp³-hybridized carbons (Fsp3) is 0.600. The summed E-state index contributed by atoms with van der Waals surface area (Å²) in [5.41, 5.74) is 7.35. The Kier molecular flexibility index (Phi) is 4.23. The highest BCUT2D eigenvalue weighted by Crippen LogP contribution is 2.38. The first-order chi connectivity index (χ1) is 8.69. The summed E-state index contributed by atoms with van der Waals surface area (Å²) in [5, 5.41) is 0. The van der Waals surface area contributed by atoms with E-state index in [1.54, 1.807) is 0 Å². The van der Waals surface area contributed by atoms with E-state index in [-0.39, 0.29) is 11.2 Å². The molecule has 1 aromatic carbocycles. The van der Waals surface area contributed by atoms with Crippen molar-refractivity contribution < 1.29 is 4.39 Å². The minimum Gasteiger partial charge on any atom is -0.371 e. The van der Waals surface area contributed by atoms with Crippen LogP contribution >= 0.6 is 0 Å². The molecule has 1 aliphatic carbocycles. The number of hydrogen-bond acceptors (Lipinski definition) is 2. The molecule has 0 atom stereocenters. The average molecular weight is 250 g/mol. The SMILES string of the molecule is CCN(CC1(CN)CCCC1)c1ccc(F)cc1. The van der Waals surface area contributed by atoms with Gasteiger partial charge in [0.1, 0.15) is 5.82 Å². The number of benzene rings is 1. The van der Waals surface area contributed by atoms with Gasteiger partial charge in [0.25, 0.3) is 0 Å². The largest absolute Gasteiger partial charge is 0.371 e. The lowest BCUT2D eigenvalue weighted by Crippen LogP contribution is -2.41. The van der Waals surface area contributed by atoms with Crippen molar-refractivity contribution >= 4 is 5.69 Å². The van der Waals surface area contributed by atoms with Crippen molar-refractivity contribution in [3.63, 3.8) is 0 Å². The number of anilines is 1. The molecule has 0 amide bonds. The number of nitrogens with zero attached hydrogens (tertiary/aromatic N) is 1. The molecule has 0 unspecified atom stereocenters. The molecule has 0 spiro atoms. The minimum absolute atomic E-state index is 0.177. The van der Waals surface area contributed by atoms with Crippen LogP contribution in [-0.4, -0.2) is 19.6 Å². The molecule has 2 rings (SSSR count). The van der Waals surface area contributed by atoms with E-state index in [1.165, 1.54) is 37.8 Å². The Morgan fingerprint density at radius 3 is 2.33 bits per heavy atom. The van der Waals surface area contributed by atoms with Crippen LogP contribution in [0.4, 0.5) is 10.1 Å². The predicted molar refractivity (Wildman–Crippen MR) is 74.2 cm³/mol. The summed E-state index contributed by atoms with van der Waals surface area (Å²) in [6.45, 7) is 4.83. The standard InChI is InChI=1S/C15H23FN2/c1-2-18(14-7-5-13(16)6-8-14)12-15(11-17)9-3-4-10-15/h5-8H,2-4,9-12,17H2,1H3. The van der Waals surface area contributed by atoms with Gasteiger partial charge in [-0.15, -0.1) is 0 Å². The van der Waals surface area contributed by atoms with Crippen LogP contribution in [0, 0.1) is 11.2 Å². The molecule has 2 nitrogen and oxygen atoms in total. The quantitative estimate of drug-likeness (QED) is 0.869. The van der Waals surface area contributed by atoms with E-state index in [4.69, 9.17) is 5.73 Å². The summed E-state index contributed by atoms with van der Waals surface area (Å²) in [5.74, 6) is -0.177. The first-order valence-corrected chi connectivity index (χ1v) is 6.90. The summed E-state index contributed by atoms with van der Waals surface area (Å²) in [6.07, 6.45) is 5.03. The zero-order valence-corrected chi connectivity index (χ0v) is 11.2. The van der Waals surface area contributed by atoms with Gasteiger partial charge < -0.3 is 10.6 Å². The van der Waals surface area contributed by atoms with Gasteiger partial charge >= 0.3 is 0 Å². The summed E-state index contributed by atoms with van der Waals surface area (Å²) >= 11 is 0. The summed E-state index contributed by atoms with van der Waals surface area (Å²) in [7, 11) is 0. The lowest BCUT2D eigenvalue weighted by molar-refractivity contribution is 0.312. The Bertz CT molecular complexity index is 369. The van der Waals surface area contributed by atoms with E-state index in [0.717, 1.165) is 25.3 Å². The number of rotatable bonds is 5. The zero-order valence-electron chi connectivity index (χ0n) is 11.2. The van der Waals surface area contributed by atoms with Crippen molar-refractivity contribution in [2.24, 2.45) is 11.1 Å². The molecule has 1 aromatic rings. The maximum atomic E-state index is 13.0. The highest BCUT2D eigenvalue weighted by atomic mass is 19.1. The fourth-order valence-corrected chi connectivity index (χ4v) is 2.99. The van der Waals surface area contributed by atoms with Crippen LogP contribution in [0.25, 0.3) is 0 Å². The van der Waals surface area contributed by atoms with Crippen LogP contribution in [0.5, 0.6) is 0 Å². The molecule has 2 N–H and O–H groups in total. The van der Waals surface area contributed by atoms with Crippen LogP contribution in [0.3, 0.4) is 0 Å². The van der Waals surface area contributed by atoms with Gasteiger partial charge in [-0.2, -0.15) is 0 Å². The molecular formula is C15H23FN2. The maximum absolute atomic E-state index is 13.0. The fourth-order valence-electron chi connectivity index (χ4n) is 2.99. The Hall–Kier alpha value is -1.09. The van der Waals surface area contributed by atoms with Gasteiger partial charge in [-0.25, -0.2) is 4.39 Å². The first-order valence-electron chi connectivity index (χ1n) is 6.90. The van der Waals surface area contributed by atoms with Crippen molar-refractivity contribution in [2.45, 2.75) is 32.6 Å². The molecule has 1 fully saturated rings. The molecule has 1 saturated carbocycles. The van der Waals surface area contributed by atoms with E-state index in [9.17, 15) is 4.39 Å². The van der Waals surface area contributed by atoms with Crippen LogP contribution < -0.4 is 10.6 Å². The van der Waals surface area contributed by atoms with Gasteiger partial charge in [0, 0.05) is 24.2 Å². The summed E-state index contributed by atoms with van der Waals surface area (Å²) < 4.78 is 13.0. The van der Waals surface area contributed by atoms with Crippen LogP contribution in [-0.2, 0) is 0 Å². The third-order valence-corrected chi connectivity index (χ3v) is 4.20. The van der Waals surface area contributed by atoms with Crippen LogP contribution in [0.1, 0.15) is 32.6 Å². The third kappa shape index (κ3) is 2.83. The third-order valence-electron chi connectivity index (χ3n) is 4.20. The molecular weight excluding hydrogens is 227 g/mol. The highest BCUT2D eigenvalue weighted by molar-refractivity contribution is 5.46. The molecule has 0 aromatic heterocycles. The normalized spacial score (nSPS) is 17.9. The molecule has 18 heavy (non-hydrogen) atoms. The average Bonchev–Trinajstić information content (AvgIpc) is 2.86. The van der Waals surface area contributed by atoms with Crippen LogP contribution in [0.15, 0.2) is 24.3 Å². The number of hydrogen-bond donors (Lipinski definition) is 1. The topological polar surface area (TPSA) is 29.3 Å². The highest BCUT2D eigenvalue weighted by Gasteiger charge is 2.34. The van der Waals surface area contributed by atoms with Crippen molar-refractivity contribution in [2.75, 3.05) is 24.5 Å². The first kappa shape index (κ1) is 13.3. The Labute approximate surface area is 109 Å². The predicted octanol–water partition coefficient (Wildman–Crippen LogP) is 3.17. The van der Waals surface area contributed by atoms with Gasteiger partial charge in [0.2, 0.25) is 0 Å². The lowest BCUT2D eigenvalue weighted by Gasteiger charge is -2.35. The Balaban J connectivity index is 2.11. The van der Waals surface area contributed by atoms with E-state index >= 15 is 0 Å². The van der Waals surface area contributed by atoms with E-state index in [1.807, 2.05) is 12.1 Å². The Morgan fingerprint density at radius 1 is 1.22 bits per heavy atom. The second-order valence-corrected chi connectivity index (χ2v) is 5.40. The molecule has 100 valence electrons. The molecule has 0 heterocycles. The zero-order chi connectivity index (χ0) is 13.0. The molecule has 1 aliphatic rings. The molecule has 0 saturated heterocycles. The van der Waals surface area contributed by atoms with Crippen molar-refractivity contribution in [3.05, 3.63) is 30.1 Å².